The van der Waals surface area contributed by atoms with E-state index in [4.69, 9.17) is 0 Å². The number of benzene rings is 2. The molecule has 0 saturated carbocycles. The highest BCUT2D eigenvalue weighted by molar-refractivity contribution is 9.10. The molecule has 0 aliphatic carbocycles. The topological polar surface area (TPSA) is 32.3 Å². The van der Waals surface area contributed by atoms with Gasteiger partial charge in [-0.2, -0.15) is 0 Å². The summed E-state index contributed by atoms with van der Waals surface area (Å²) in [5.74, 6) is -0.247. The molecule has 0 aromatic heterocycles. The predicted molar refractivity (Wildman–Crippen MR) is 81.9 cm³/mol. The van der Waals surface area contributed by atoms with Crippen LogP contribution in [0.25, 0.3) is 0 Å². The maximum atomic E-state index is 13.2. The fourth-order valence-electron chi connectivity index (χ4n) is 2.01. The highest BCUT2D eigenvalue weighted by Gasteiger charge is 2.11. The third kappa shape index (κ3) is 4.13. The summed E-state index contributed by atoms with van der Waals surface area (Å²) in [4.78, 5) is 0. The molecule has 106 valence electrons. The van der Waals surface area contributed by atoms with Gasteiger partial charge in [0.15, 0.2) is 0 Å². The van der Waals surface area contributed by atoms with E-state index in [9.17, 15) is 9.50 Å². The molecule has 20 heavy (non-hydrogen) atoms. The lowest BCUT2D eigenvalue weighted by atomic mass is 10.1. The second kappa shape index (κ2) is 6.97. The normalized spacial score (nSPS) is 14.0. The highest BCUT2D eigenvalue weighted by atomic mass is 79.9. The first-order valence-corrected chi connectivity index (χ1v) is 7.28. The van der Waals surface area contributed by atoms with E-state index >= 15 is 0 Å². The molecule has 2 rings (SSSR count). The Balaban J connectivity index is 1.94. The molecule has 2 aromatic carbocycles. The summed E-state index contributed by atoms with van der Waals surface area (Å²) in [6, 6.07) is 14.0. The molecule has 0 amide bonds. The van der Waals surface area contributed by atoms with Gasteiger partial charge in [-0.15, -0.1) is 0 Å². The van der Waals surface area contributed by atoms with E-state index in [1.807, 2.05) is 37.3 Å². The number of hydrogen-bond donors (Lipinski definition) is 2. The summed E-state index contributed by atoms with van der Waals surface area (Å²) in [6.07, 6.45) is -0.594. The van der Waals surface area contributed by atoms with Gasteiger partial charge in [0.2, 0.25) is 0 Å². The third-order valence-corrected chi connectivity index (χ3v) is 3.69. The standard InChI is InChI=1S/C16H17BrFNO/c1-11(12-4-3-7-15(18)9-12)19-10-16(20)13-5-2-6-14(17)8-13/h2-9,11,16,19-20H,10H2,1H3/t11-,16?/m0/s1. The average Bonchev–Trinajstić information content (AvgIpc) is 2.44. The van der Waals surface area contributed by atoms with Gasteiger partial charge >= 0.3 is 0 Å². The number of halogens is 2. The van der Waals surface area contributed by atoms with Gasteiger partial charge in [0.1, 0.15) is 5.82 Å². The quantitative estimate of drug-likeness (QED) is 0.865. The van der Waals surface area contributed by atoms with Gasteiger partial charge in [0, 0.05) is 17.1 Å². The molecule has 2 nitrogen and oxygen atoms in total. The summed E-state index contributed by atoms with van der Waals surface area (Å²) < 4.78 is 14.1. The second-order valence-corrected chi connectivity index (χ2v) is 5.67. The molecule has 0 spiro atoms. The molecule has 1 unspecified atom stereocenters. The van der Waals surface area contributed by atoms with Gasteiger partial charge in [0.05, 0.1) is 6.10 Å². The van der Waals surface area contributed by atoms with Gasteiger partial charge in [-0.1, -0.05) is 40.2 Å². The number of aliphatic hydroxyl groups excluding tert-OH is 1. The lowest BCUT2D eigenvalue weighted by molar-refractivity contribution is 0.170. The molecule has 0 saturated heterocycles. The van der Waals surface area contributed by atoms with E-state index in [0.29, 0.717) is 6.54 Å². The molecule has 0 aliphatic heterocycles. The predicted octanol–water partition coefficient (Wildman–Crippen LogP) is 3.97. The monoisotopic (exact) mass is 337 g/mol. The van der Waals surface area contributed by atoms with Crippen molar-refractivity contribution in [3.05, 3.63) is 69.9 Å². The molecule has 4 heteroatoms. The van der Waals surface area contributed by atoms with Gasteiger partial charge < -0.3 is 10.4 Å². The van der Waals surface area contributed by atoms with Crippen LogP contribution in [0.4, 0.5) is 4.39 Å². The summed E-state index contributed by atoms with van der Waals surface area (Å²) in [7, 11) is 0. The smallest absolute Gasteiger partial charge is 0.123 e. The first-order chi connectivity index (χ1) is 9.56. The van der Waals surface area contributed by atoms with Crippen LogP contribution >= 0.6 is 15.9 Å². The molecule has 0 aliphatic rings. The van der Waals surface area contributed by atoms with E-state index in [1.165, 1.54) is 12.1 Å². The fourth-order valence-corrected chi connectivity index (χ4v) is 2.43. The average molecular weight is 338 g/mol. The van der Waals surface area contributed by atoms with Crippen molar-refractivity contribution < 1.29 is 9.50 Å². The Hall–Kier alpha value is -1.23. The molecule has 2 atom stereocenters. The summed E-state index contributed by atoms with van der Waals surface area (Å²) in [6.45, 7) is 2.36. The van der Waals surface area contributed by atoms with Crippen LogP contribution in [-0.4, -0.2) is 11.7 Å². The minimum absolute atomic E-state index is 0.0208. The zero-order valence-corrected chi connectivity index (χ0v) is 12.8. The Kier molecular flexibility index (Phi) is 5.29. The first kappa shape index (κ1) is 15.2. The Morgan fingerprint density at radius 3 is 2.55 bits per heavy atom. The maximum Gasteiger partial charge on any atom is 0.123 e. The Bertz CT molecular complexity index is 524. The van der Waals surface area contributed by atoms with Crippen molar-refractivity contribution >= 4 is 15.9 Å². The Labute approximate surface area is 126 Å². The molecule has 0 bridgehead atoms. The van der Waals surface area contributed by atoms with Crippen LogP contribution in [0.3, 0.4) is 0 Å². The van der Waals surface area contributed by atoms with Crippen LogP contribution in [0.15, 0.2) is 53.0 Å². The molecule has 0 radical (unpaired) electrons. The summed E-state index contributed by atoms with van der Waals surface area (Å²) >= 11 is 3.38. The van der Waals surface area contributed by atoms with Crippen LogP contribution in [0, 0.1) is 5.82 Å². The zero-order chi connectivity index (χ0) is 14.5. The highest BCUT2D eigenvalue weighted by Crippen LogP contribution is 2.19. The molecular formula is C16H17BrFNO. The molecule has 0 heterocycles. The summed E-state index contributed by atoms with van der Waals surface area (Å²) in [5, 5.41) is 13.3. The van der Waals surface area contributed by atoms with Gasteiger partial charge in [-0.3, -0.25) is 0 Å². The largest absolute Gasteiger partial charge is 0.387 e. The van der Waals surface area contributed by atoms with Gasteiger partial charge in [-0.05, 0) is 42.3 Å². The summed E-state index contributed by atoms with van der Waals surface area (Å²) in [5.41, 5.74) is 1.71. The lowest BCUT2D eigenvalue weighted by Gasteiger charge is -2.18. The second-order valence-electron chi connectivity index (χ2n) is 4.76. The van der Waals surface area contributed by atoms with E-state index < -0.39 is 6.10 Å². The van der Waals surface area contributed by atoms with Gasteiger partial charge in [0.25, 0.3) is 0 Å². The maximum absolute atomic E-state index is 13.2. The molecule has 2 N–H and O–H groups in total. The SMILES string of the molecule is C[C@H](NCC(O)c1cccc(Br)c1)c1cccc(F)c1. The van der Waals surface area contributed by atoms with Crippen molar-refractivity contribution in [3.63, 3.8) is 0 Å². The Morgan fingerprint density at radius 2 is 1.85 bits per heavy atom. The third-order valence-electron chi connectivity index (χ3n) is 3.20. The number of rotatable bonds is 5. The van der Waals surface area contributed by atoms with E-state index in [-0.39, 0.29) is 11.9 Å². The van der Waals surface area contributed by atoms with Crippen molar-refractivity contribution in [3.8, 4) is 0 Å². The molecular weight excluding hydrogens is 321 g/mol. The minimum Gasteiger partial charge on any atom is -0.387 e. The van der Waals surface area contributed by atoms with Crippen LogP contribution in [0.5, 0.6) is 0 Å². The van der Waals surface area contributed by atoms with E-state index in [2.05, 4.69) is 21.2 Å². The van der Waals surface area contributed by atoms with Crippen LogP contribution < -0.4 is 5.32 Å². The van der Waals surface area contributed by atoms with Gasteiger partial charge in [-0.25, -0.2) is 4.39 Å². The molecule has 0 fully saturated rings. The Morgan fingerprint density at radius 1 is 1.15 bits per heavy atom. The minimum atomic E-state index is -0.594. The zero-order valence-electron chi connectivity index (χ0n) is 11.2. The fraction of sp³-hybridized carbons (Fsp3) is 0.250. The van der Waals surface area contributed by atoms with E-state index in [0.717, 1.165) is 15.6 Å². The lowest BCUT2D eigenvalue weighted by Crippen LogP contribution is -2.24. The number of nitrogens with one attached hydrogen (secondary N) is 1. The number of aliphatic hydroxyl groups is 1. The molecule has 2 aromatic rings. The van der Waals surface area contributed by atoms with Crippen molar-refractivity contribution in [2.24, 2.45) is 0 Å². The van der Waals surface area contributed by atoms with Crippen molar-refractivity contribution in [2.45, 2.75) is 19.1 Å². The van der Waals surface area contributed by atoms with Crippen molar-refractivity contribution in [1.82, 2.24) is 5.32 Å². The van der Waals surface area contributed by atoms with Crippen molar-refractivity contribution in [2.75, 3.05) is 6.54 Å². The van der Waals surface area contributed by atoms with Crippen molar-refractivity contribution in [1.29, 1.82) is 0 Å². The number of hydrogen-bond acceptors (Lipinski definition) is 2. The first-order valence-electron chi connectivity index (χ1n) is 6.48. The van der Waals surface area contributed by atoms with E-state index in [1.54, 1.807) is 6.07 Å². The van der Waals surface area contributed by atoms with Crippen LogP contribution in [0.1, 0.15) is 30.2 Å². The van der Waals surface area contributed by atoms with Crippen LogP contribution in [0.2, 0.25) is 0 Å². The van der Waals surface area contributed by atoms with Crippen LogP contribution in [-0.2, 0) is 0 Å².